The Balaban J connectivity index is 1.84. The first-order chi connectivity index (χ1) is 9.76. The third kappa shape index (κ3) is 1.67. The van der Waals surface area contributed by atoms with E-state index in [0.717, 1.165) is 17.9 Å². The molecule has 1 aromatic heterocycles. The second-order valence-corrected chi connectivity index (χ2v) is 6.08. The zero-order valence-electron chi connectivity index (χ0n) is 11.6. The van der Waals surface area contributed by atoms with Gasteiger partial charge in [0.25, 0.3) is 5.56 Å². The van der Waals surface area contributed by atoms with Gasteiger partial charge in [-0.2, -0.15) is 0 Å². The van der Waals surface area contributed by atoms with Gasteiger partial charge < -0.3 is 4.74 Å². The van der Waals surface area contributed by atoms with Gasteiger partial charge in [-0.3, -0.25) is 9.36 Å². The molecular formula is C16H18N2O2. The first-order valence-corrected chi connectivity index (χ1v) is 7.31. The predicted octanol–water partition coefficient (Wildman–Crippen LogP) is 2.77. The van der Waals surface area contributed by atoms with Gasteiger partial charge in [-0.05, 0) is 49.3 Å². The van der Waals surface area contributed by atoms with Gasteiger partial charge in [0.1, 0.15) is 5.75 Å². The van der Waals surface area contributed by atoms with Gasteiger partial charge in [-0.1, -0.05) is 6.42 Å². The second-order valence-electron chi connectivity index (χ2n) is 6.08. The molecule has 2 saturated carbocycles. The van der Waals surface area contributed by atoms with Crippen LogP contribution in [0.4, 0.5) is 0 Å². The molecule has 104 valence electrons. The number of fused-ring (bicyclic) bond motifs is 3. The molecule has 4 nitrogen and oxygen atoms in total. The third-order valence-electron chi connectivity index (χ3n) is 5.05. The molecule has 2 aliphatic carbocycles. The molecule has 0 saturated heterocycles. The van der Waals surface area contributed by atoms with Gasteiger partial charge in [0, 0.05) is 6.04 Å². The fourth-order valence-corrected chi connectivity index (χ4v) is 4.03. The van der Waals surface area contributed by atoms with E-state index in [9.17, 15) is 4.79 Å². The molecule has 4 heteroatoms. The molecule has 2 aromatic rings. The van der Waals surface area contributed by atoms with Crippen molar-refractivity contribution >= 4 is 10.9 Å². The smallest absolute Gasteiger partial charge is 0.261 e. The number of hydrogen-bond donors (Lipinski definition) is 0. The van der Waals surface area contributed by atoms with Crippen molar-refractivity contribution in [2.24, 2.45) is 11.8 Å². The van der Waals surface area contributed by atoms with E-state index in [4.69, 9.17) is 4.74 Å². The van der Waals surface area contributed by atoms with Crippen molar-refractivity contribution in [1.82, 2.24) is 9.55 Å². The number of ether oxygens (including phenoxy) is 1. The van der Waals surface area contributed by atoms with Crippen molar-refractivity contribution in [3.63, 3.8) is 0 Å². The van der Waals surface area contributed by atoms with E-state index in [-0.39, 0.29) is 5.56 Å². The molecule has 0 N–H and O–H groups in total. The number of benzene rings is 1. The average molecular weight is 270 g/mol. The van der Waals surface area contributed by atoms with Crippen LogP contribution in [0.5, 0.6) is 5.75 Å². The van der Waals surface area contributed by atoms with Crippen LogP contribution in [-0.4, -0.2) is 16.7 Å². The maximum Gasteiger partial charge on any atom is 0.261 e. The highest BCUT2D eigenvalue weighted by molar-refractivity contribution is 5.78. The van der Waals surface area contributed by atoms with Gasteiger partial charge in [0.05, 0.1) is 24.3 Å². The molecule has 2 aliphatic rings. The van der Waals surface area contributed by atoms with Crippen LogP contribution in [0.15, 0.2) is 29.3 Å². The third-order valence-corrected chi connectivity index (χ3v) is 5.05. The van der Waals surface area contributed by atoms with Crippen molar-refractivity contribution in [1.29, 1.82) is 0 Å². The van der Waals surface area contributed by atoms with E-state index in [2.05, 4.69) is 4.98 Å². The van der Waals surface area contributed by atoms with E-state index in [1.165, 1.54) is 19.3 Å². The Hall–Kier alpha value is -1.84. The van der Waals surface area contributed by atoms with Gasteiger partial charge in [-0.25, -0.2) is 4.98 Å². The van der Waals surface area contributed by atoms with Crippen LogP contribution in [0, 0.1) is 11.8 Å². The van der Waals surface area contributed by atoms with Crippen molar-refractivity contribution in [2.45, 2.75) is 31.7 Å². The summed E-state index contributed by atoms with van der Waals surface area (Å²) in [6.07, 6.45) is 6.76. The Morgan fingerprint density at radius 3 is 2.90 bits per heavy atom. The lowest BCUT2D eigenvalue weighted by Gasteiger charge is -2.23. The summed E-state index contributed by atoms with van der Waals surface area (Å²) >= 11 is 0. The molecule has 2 bridgehead atoms. The molecule has 3 atom stereocenters. The second kappa shape index (κ2) is 4.33. The van der Waals surface area contributed by atoms with Gasteiger partial charge >= 0.3 is 0 Å². The minimum absolute atomic E-state index is 0.0754. The number of methoxy groups -OCH3 is 1. The summed E-state index contributed by atoms with van der Waals surface area (Å²) in [4.78, 5) is 17.2. The van der Waals surface area contributed by atoms with Crippen LogP contribution in [-0.2, 0) is 0 Å². The number of nitrogens with zero attached hydrogens (tertiary/aromatic N) is 2. The van der Waals surface area contributed by atoms with Gasteiger partial charge in [-0.15, -0.1) is 0 Å². The molecule has 0 amide bonds. The predicted molar refractivity (Wildman–Crippen MR) is 77.0 cm³/mol. The Labute approximate surface area is 117 Å². The van der Waals surface area contributed by atoms with Crippen LogP contribution in [0.25, 0.3) is 10.9 Å². The first-order valence-electron chi connectivity index (χ1n) is 7.31. The van der Waals surface area contributed by atoms with Crippen LogP contribution in [0.1, 0.15) is 31.7 Å². The van der Waals surface area contributed by atoms with Crippen LogP contribution in [0.3, 0.4) is 0 Å². The largest absolute Gasteiger partial charge is 0.497 e. The number of aromatic nitrogens is 2. The summed E-state index contributed by atoms with van der Waals surface area (Å²) < 4.78 is 7.08. The highest BCUT2D eigenvalue weighted by Gasteiger charge is 2.40. The van der Waals surface area contributed by atoms with Crippen LogP contribution in [0.2, 0.25) is 0 Å². The van der Waals surface area contributed by atoms with Crippen molar-refractivity contribution in [3.05, 3.63) is 34.9 Å². The zero-order valence-corrected chi connectivity index (χ0v) is 11.6. The Morgan fingerprint density at radius 1 is 1.30 bits per heavy atom. The molecule has 0 aliphatic heterocycles. The highest BCUT2D eigenvalue weighted by atomic mass is 16.5. The molecule has 0 radical (unpaired) electrons. The van der Waals surface area contributed by atoms with E-state index >= 15 is 0 Å². The SMILES string of the molecule is COc1ccc2ncn([C@@H]3C[C@@H]4CC[C@H]3C4)c(=O)c2c1. The van der Waals surface area contributed by atoms with E-state index in [0.29, 0.717) is 23.1 Å². The summed E-state index contributed by atoms with van der Waals surface area (Å²) in [7, 11) is 1.62. The lowest BCUT2D eigenvalue weighted by molar-refractivity contribution is 0.321. The molecule has 1 aromatic carbocycles. The van der Waals surface area contributed by atoms with Crippen LogP contribution >= 0.6 is 0 Å². The molecule has 0 spiro atoms. The van der Waals surface area contributed by atoms with Crippen molar-refractivity contribution < 1.29 is 4.74 Å². The Kier molecular flexibility index (Phi) is 2.59. The fourth-order valence-electron chi connectivity index (χ4n) is 4.03. The standard InChI is InChI=1S/C16H18N2O2/c1-20-12-4-5-14-13(8-12)16(19)18(9-17-14)15-7-10-2-3-11(15)6-10/h4-5,8-11,15H,2-3,6-7H2,1H3/t10-,11+,15-/m1/s1. The van der Waals surface area contributed by atoms with Gasteiger partial charge in [0.15, 0.2) is 0 Å². The molecule has 0 unspecified atom stereocenters. The minimum atomic E-state index is 0.0754. The maximum absolute atomic E-state index is 12.7. The molecule has 2 fully saturated rings. The molecule has 20 heavy (non-hydrogen) atoms. The zero-order chi connectivity index (χ0) is 13.7. The normalized spacial score (nSPS) is 28.1. The van der Waals surface area contributed by atoms with E-state index in [1.54, 1.807) is 19.5 Å². The maximum atomic E-state index is 12.7. The quantitative estimate of drug-likeness (QED) is 0.843. The summed E-state index contributed by atoms with van der Waals surface area (Å²) in [5.74, 6) is 2.20. The summed E-state index contributed by atoms with van der Waals surface area (Å²) in [5.41, 5.74) is 0.821. The minimum Gasteiger partial charge on any atom is -0.497 e. The summed E-state index contributed by atoms with van der Waals surface area (Å²) in [5, 5.41) is 0.662. The summed E-state index contributed by atoms with van der Waals surface area (Å²) in [6.45, 7) is 0. The number of hydrogen-bond acceptors (Lipinski definition) is 3. The van der Waals surface area contributed by atoms with Crippen molar-refractivity contribution in [2.75, 3.05) is 7.11 Å². The summed E-state index contributed by atoms with van der Waals surface area (Å²) in [6, 6.07) is 5.84. The molecule has 1 heterocycles. The highest BCUT2D eigenvalue weighted by Crippen LogP contribution is 2.50. The monoisotopic (exact) mass is 270 g/mol. The van der Waals surface area contributed by atoms with Crippen molar-refractivity contribution in [3.8, 4) is 5.75 Å². The first kappa shape index (κ1) is 11.9. The Morgan fingerprint density at radius 2 is 2.20 bits per heavy atom. The lowest BCUT2D eigenvalue weighted by atomic mass is 9.95. The topological polar surface area (TPSA) is 44.1 Å². The molecular weight excluding hydrogens is 252 g/mol. The Bertz CT molecular complexity index is 722. The lowest BCUT2D eigenvalue weighted by Crippen LogP contribution is -2.28. The average Bonchev–Trinajstić information content (AvgIpc) is 3.10. The fraction of sp³-hybridized carbons (Fsp3) is 0.500. The van der Waals surface area contributed by atoms with E-state index < -0.39 is 0 Å². The van der Waals surface area contributed by atoms with Crippen LogP contribution < -0.4 is 10.3 Å². The van der Waals surface area contributed by atoms with E-state index in [1.807, 2.05) is 16.7 Å². The van der Waals surface area contributed by atoms with Gasteiger partial charge in [0.2, 0.25) is 0 Å². The molecule has 4 rings (SSSR count). The number of rotatable bonds is 2.